The number of rotatable bonds is 9. The van der Waals surface area contributed by atoms with Crippen molar-refractivity contribution in [1.29, 1.82) is 0 Å². The quantitative estimate of drug-likeness (QED) is 0.163. The number of nitro groups is 2. The van der Waals surface area contributed by atoms with Gasteiger partial charge in [0.05, 0.1) is 27.6 Å². The molecule has 47 heavy (non-hydrogen) atoms. The Balaban J connectivity index is 1.01. The van der Waals surface area contributed by atoms with Gasteiger partial charge in [0.25, 0.3) is 11.4 Å². The number of ether oxygens (including phenoxy) is 2. The number of piperidine rings is 1. The van der Waals surface area contributed by atoms with Crippen LogP contribution in [-0.4, -0.2) is 59.5 Å². The molecule has 4 aliphatic carbocycles. The number of benzene rings is 2. The summed E-state index contributed by atoms with van der Waals surface area (Å²) in [5.74, 6) is 1.33. The SMILES string of the molecule is C[C@]12CCC[C@]3(CN(CCOC(=O)c4ccc([N+](=O)[O-])cc4)C1)[C@@H]2CC[C@]12C[C@@H](COC(=O)c4ccc([N+](=O)[O-])cc4)[C@@H](CC[C@H]13)C2. The van der Waals surface area contributed by atoms with Crippen molar-refractivity contribution in [1.82, 2.24) is 4.90 Å². The summed E-state index contributed by atoms with van der Waals surface area (Å²) in [5, 5.41) is 21.9. The second-order valence-corrected chi connectivity index (χ2v) is 15.3. The second kappa shape index (κ2) is 12.0. The molecule has 0 radical (unpaired) electrons. The van der Waals surface area contributed by atoms with E-state index in [1.807, 2.05) is 0 Å². The van der Waals surface area contributed by atoms with Crippen molar-refractivity contribution >= 4 is 23.3 Å². The molecule has 7 atom stereocenters. The minimum atomic E-state index is -0.484. The van der Waals surface area contributed by atoms with Gasteiger partial charge in [-0.05, 0) is 116 Å². The van der Waals surface area contributed by atoms with Crippen LogP contribution in [0.15, 0.2) is 48.5 Å². The van der Waals surface area contributed by atoms with Crippen LogP contribution >= 0.6 is 0 Å². The summed E-state index contributed by atoms with van der Waals surface area (Å²) >= 11 is 0. The number of esters is 2. The zero-order chi connectivity index (χ0) is 33.0. The molecule has 0 amide bonds. The molecular weight excluding hydrogens is 602 g/mol. The van der Waals surface area contributed by atoms with Crippen molar-refractivity contribution in [2.75, 3.05) is 32.8 Å². The number of carbonyl (C=O) groups excluding carboxylic acids is 2. The zero-order valence-electron chi connectivity index (χ0n) is 26.9. The normalized spacial score (nSPS) is 34.1. The summed E-state index contributed by atoms with van der Waals surface area (Å²) in [4.78, 5) is 49.1. The van der Waals surface area contributed by atoms with E-state index in [1.54, 1.807) is 0 Å². The molecule has 5 aliphatic rings. The fourth-order valence-electron chi connectivity index (χ4n) is 11.3. The summed E-state index contributed by atoms with van der Waals surface area (Å²) in [6.07, 6.45) is 10.9. The van der Waals surface area contributed by atoms with Gasteiger partial charge in [0, 0.05) is 43.9 Å². The van der Waals surface area contributed by atoms with Gasteiger partial charge < -0.3 is 9.47 Å². The summed E-state index contributed by atoms with van der Waals surface area (Å²) < 4.78 is 11.5. The maximum Gasteiger partial charge on any atom is 0.338 e. The van der Waals surface area contributed by atoms with E-state index >= 15 is 0 Å². The lowest BCUT2D eigenvalue weighted by Crippen LogP contribution is -2.67. The van der Waals surface area contributed by atoms with E-state index in [-0.39, 0.29) is 34.2 Å². The van der Waals surface area contributed by atoms with Crippen LogP contribution in [0.1, 0.15) is 85.4 Å². The number of hydrogen-bond acceptors (Lipinski definition) is 9. The van der Waals surface area contributed by atoms with Gasteiger partial charge in [-0.25, -0.2) is 9.59 Å². The predicted octanol–water partition coefficient (Wildman–Crippen LogP) is 6.84. The molecule has 5 fully saturated rings. The van der Waals surface area contributed by atoms with Crippen LogP contribution in [0, 0.1) is 60.1 Å². The molecule has 4 bridgehead atoms. The molecule has 1 aliphatic heterocycles. The van der Waals surface area contributed by atoms with Gasteiger partial charge in [0.15, 0.2) is 0 Å². The Hall–Kier alpha value is -3.86. The first-order chi connectivity index (χ1) is 22.5. The summed E-state index contributed by atoms with van der Waals surface area (Å²) in [6, 6.07) is 11.2. The van der Waals surface area contributed by atoms with Gasteiger partial charge in [0.1, 0.15) is 6.61 Å². The molecule has 2 aromatic rings. The largest absolute Gasteiger partial charge is 0.462 e. The lowest BCUT2D eigenvalue weighted by atomic mass is 9.39. The third-order valence-corrected chi connectivity index (χ3v) is 12.9. The van der Waals surface area contributed by atoms with E-state index < -0.39 is 21.8 Å². The number of likely N-dealkylation sites (tertiary alicyclic amines) is 1. The Morgan fingerprint density at radius 2 is 1.45 bits per heavy atom. The molecule has 4 saturated carbocycles. The Morgan fingerprint density at radius 1 is 0.809 bits per heavy atom. The monoisotopic (exact) mass is 645 g/mol. The standard InChI is InChI=1S/C36H43N3O8/c1-34-14-2-15-36(23-37(22-34)17-18-46-32(40)24-3-8-28(9-4-24)38(42)43)30(34)13-16-35-19-26(7-12-31(35)36)27(20-35)21-47-33(41)25-5-10-29(11-6-25)39(44)45/h3-6,8-11,26-27,30-31H,2,7,12-23H2,1H3/t26-,27-,30+,31+,34-,35-,36-/m0/s1. The first kappa shape index (κ1) is 31.7. The molecule has 11 heteroatoms. The van der Waals surface area contributed by atoms with Crippen molar-refractivity contribution in [3.63, 3.8) is 0 Å². The molecule has 7 rings (SSSR count). The van der Waals surface area contributed by atoms with Gasteiger partial charge >= 0.3 is 11.9 Å². The topological polar surface area (TPSA) is 142 Å². The van der Waals surface area contributed by atoms with Gasteiger partial charge in [-0.3, -0.25) is 25.1 Å². The highest BCUT2D eigenvalue weighted by Gasteiger charge is 2.67. The van der Waals surface area contributed by atoms with Gasteiger partial charge in [0.2, 0.25) is 0 Å². The number of hydrogen-bond donors (Lipinski definition) is 0. The van der Waals surface area contributed by atoms with Crippen molar-refractivity contribution in [2.24, 2.45) is 39.9 Å². The average molecular weight is 646 g/mol. The first-order valence-electron chi connectivity index (χ1n) is 17.1. The van der Waals surface area contributed by atoms with E-state index in [4.69, 9.17) is 9.47 Å². The molecule has 11 nitrogen and oxygen atoms in total. The molecule has 1 spiro atoms. The molecular formula is C36H43N3O8. The van der Waals surface area contributed by atoms with Crippen molar-refractivity contribution in [3.8, 4) is 0 Å². The van der Waals surface area contributed by atoms with Crippen LogP contribution in [0.4, 0.5) is 11.4 Å². The molecule has 0 aromatic heterocycles. The van der Waals surface area contributed by atoms with Gasteiger partial charge in [-0.2, -0.15) is 0 Å². The summed E-state index contributed by atoms with van der Waals surface area (Å²) in [6.45, 7) is 5.88. The van der Waals surface area contributed by atoms with E-state index in [1.165, 1.54) is 93.5 Å². The van der Waals surface area contributed by atoms with E-state index in [0.29, 0.717) is 48.0 Å². The maximum absolute atomic E-state index is 12.8. The van der Waals surface area contributed by atoms with Crippen molar-refractivity contribution < 1.29 is 28.9 Å². The van der Waals surface area contributed by atoms with Crippen LogP contribution in [0.3, 0.4) is 0 Å². The van der Waals surface area contributed by atoms with Gasteiger partial charge in [-0.15, -0.1) is 0 Å². The van der Waals surface area contributed by atoms with Crippen molar-refractivity contribution in [2.45, 2.75) is 64.7 Å². The Bertz CT molecular complexity index is 1560. The van der Waals surface area contributed by atoms with Crippen LogP contribution in [0.5, 0.6) is 0 Å². The van der Waals surface area contributed by atoms with Gasteiger partial charge in [-0.1, -0.05) is 13.3 Å². The zero-order valence-corrected chi connectivity index (χ0v) is 26.9. The predicted molar refractivity (Wildman–Crippen MR) is 172 cm³/mol. The number of nitro benzene ring substituents is 2. The van der Waals surface area contributed by atoms with E-state index in [9.17, 15) is 29.8 Å². The van der Waals surface area contributed by atoms with Crippen LogP contribution < -0.4 is 0 Å². The third kappa shape index (κ3) is 5.60. The fraction of sp³-hybridized carbons (Fsp3) is 0.611. The highest BCUT2D eigenvalue weighted by atomic mass is 16.6. The summed E-state index contributed by atoms with van der Waals surface area (Å²) in [5.41, 5.74) is 1.30. The lowest BCUT2D eigenvalue weighted by molar-refractivity contribution is -0.385. The fourth-order valence-corrected chi connectivity index (χ4v) is 11.3. The minimum absolute atomic E-state index is 0.0467. The summed E-state index contributed by atoms with van der Waals surface area (Å²) in [7, 11) is 0. The lowest BCUT2D eigenvalue weighted by Gasteiger charge is -2.69. The number of carbonyl (C=O) groups is 2. The Morgan fingerprint density at radius 3 is 2.09 bits per heavy atom. The molecule has 2 aromatic carbocycles. The number of fused-ring (bicyclic) bond motifs is 1. The Kier molecular flexibility index (Phi) is 8.09. The highest BCUT2D eigenvalue weighted by Crippen LogP contribution is 2.73. The average Bonchev–Trinajstić information content (AvgIpc) is 3.31. The first-order valence-corrected chi connectivity index (χ1v) is 17.1. The van der Waals surface area contributed by atoms with Crippen molar-refractivity contribution in [3.05, 3.63) is 79.9 Å². The van der Waals surface area contributed by atoms with Crippen LogP contribution in [0.2, 0.25) is 0 Å². The third-order valence-electron chi connectivity index (χ3n) is 12.9. The van der Waals surface area contributed by atoms with Crippen LogP contribution in [0.25, 0.3) is 0 Å². The maximum atomic E-state index is 12.8. The molecule has 0 N–H and O–H groups in total. The molecule has 250 valence electrons. The van der Waals surface area contributed by atoms with Crippen LogP contribution in [-0.2, 0) is 9.47 Å². The Labute approximate surface area is 274 Å². The molecule has 1 heterocycles. The minimum Gasteiger partial charge on any atom is -0.462 e. The second-order valence-electron chi connectivity index (χ2n) is 15.3. The van der Waals surface area contributed by atoms with E-state index in [0.717, 1.165) is 25.9 Å². The number of non-ortho nitro benzene ring substituents is 2. The highest BCUT2D eigenvalue weighted by molar-refractivity contribution is 5.90. The number of nitrogens with zero attached hydrogens (tertiary/aromatic N) is 3. The molecule has 0 unspecified atom stereocenters. The van der Waals surface area contributed by atoms with E-state index in [2.05, 4.69) is 11.8 Å². The molecule has 1 saturated heterocycles. The smallest absolute Gasteiger partial charge is 0.338 e.